The second-order valence-electron chi connectivity index (χ2n) is 7.68. The minimum Gasteiger partial charge on any atom is -0.497 e. The molecule has 0 saturated heterocycles. The third kappa shape index (κ3) is 6.87. The molecule has 0 bridgehead atoms. The summed E-state index contributed by atoms with van der Waals surface area (Å²) in [5, 5.41) is 11.2. The highest BCUT2D eigenvalue weighted by atomic mass is 32.1. The highest BCUT2D eigenvalue weighted by Gasteiger charge is 2.23. The zero-order chi connectivity index (χ0) is 24.5. The van der Waals surface area contributed by atoms with Crippen molar-refractivity contribution in [3.8, 4) is 5.75 Å². The Morgan fingerprint density at radius 2 is 1.71 bits per heavy atom. The predicted octanol–water partition coefficient (Wildman–Crippen LogP) is 3.95. The first-order chi connectivity index (χ1) is 17.1. The van der Waals surface area contributed by atoms with Crippen LogP contribution in [0.1, 0.15) is 21.6 Å². The number of carbonyl (C=O) groups is 2. The van der Waals surface area contributed by atoms with Crippen LogP contribution in [0, 0.1) is 0 Å². The number of carbonyl (C=O) groups excluding carboxylic acids is 2. The Labute approximate surface area is 207 Å². The number of aromatic nitrogens is 2. The summed E-state index contributed by atoms with van der Waals surface area (Å²) in [5.74, 6) is 0.0660. The van der Waals surface area contributed by atoms with Gasteiger partial charge in [-0.2, -0.15) is 0 Å². The number of thiazole rings is 1. The molecule has 0 aliphatic carbocycles. The van der Waals surface area contributed by atoms with Gasteiger partial charge in [0.05, 0.1) is 7.11 Å². The van der Waals surface area contributed by atoms with Gasteiger partial charge in [-0.05, 0) is 47.5 Å². The molecule has 0 aliphatic rings. The SMILES string of the molecule is COc1ccc(Nc2nc(C(=O)NC(Cc3ccccc3)C(=O)NCc3ccncc3)cs2)cc1. The molecule has 4 rings (SSSR count). The van der Waals surface area contributed by atoms with Gasteiger partial charge in [-0.3, -0.25) is 14.6 Å². The summed E-state index contributed by atoms with van der Waals surface area (Å²) in [6.45, 7) is 0.342. The second-order valence-corrected chi connectivity index (χ2v) is 8.54. The van der Waals surface area contributed by atoms with Crippen molar-refractivity contribution < 1.29 is 14.3 Å². The Bertz CT molecular complexity index is 1250. The van der Waals surface area contributed by atoms with Gasteiger partial charge < -0.3 is 20.7 Å². The fourth-order valence-electron chi connectivity index (χ4n) is 3.34. The molecule has 2 amide bonds. The van der Waals surface area contributed by atoms with Crippen molar-refractivity contribution >= 4 is 34.0 Å². The Balaban J connectivity index is 1.42. The Morgan fingerprint density at radius 1 is 0.971 bits per heavy atom. The van der Waals surface area contributed by atoms with E-state index in [4.69, 9.17) is 4.74 Å². The monoisotopic (exact) mass is 487 g/mol. The number of ether oxygens (including phenoxy) is 1. The molecule has 0 fully saturated rings. The van der Waals surface area contributed by atoms with Crippen LogP contribution in [0.25, 0.3) is 0 Å². The van der Waals surface area contributed by atoms with E-state index in [1.165, 1.54) is 11.3 Å². The Kier molecular flexibility index (Phi) is 8.03. The highest BCUT2D eigenvalue weighted by Crippen LogP contribution is 2.23. The van der Waals surface area contributed by atoms with Gasteiger partial charge in [0.2, 0.25) is 5.91 Å². The van der Waals surface area contributed by atoms with Gasteiger partial charge in [0.1, 0.15) is 17.5 Å². The van der Waals surface area contributed by atoms with Crippen LogP contribution >= 0.6 is 11.3 Å². The molecule has 1 unspecified atom stereocenters. The van der Waals surface area contributed by atoms with Gasteiger partial charge >= 0.3 is 0 Å². The number of nitrogens with zero attached hydrogens (tertiary/aromatic N) is 2. The Hall–Kier alpha value is -4.24. The first-order valence-electron chi connectivity index (χ1n) is 11.0. The van der Waals surface area contributed by atoms with E-state index in [0.29, 0.717) is 18.1 Å². The van der Waals surface area contributed by atoms with Gasteiger partial charge in [0.15, 0.2) is 5.13 Å². The van der Waals surface area contributed by atoms with Crippen LogP contribution in [-0.4, -0.2) is 34.9 Å². The van der Waals surface area contributed by atoms with E-state index < -0.39 is 11.9 Å². The van der Waals surface area contributed by atoms with Gasteiger partial charge in [-0.25, -0.2) is 4.98 Å². The molecule has 2 aromatic heterocycles. The lowest BCUT2D eigenvalue weighted by molar-refractivity contribution is -0.123. The maximum Gasteiger partial charge on any atom is 0.271 e. The maximum absolute atomic E-state index is 13.0. The van der Waals surface area contributed by atoms with Crippen LogP contribution in [-0.2, 0) is 17.8 Å². The van der Waals surface area contributed by atoms with Crippen LogP contribution in [0.5, 0.6) is 5.75 Å². The number of nitrogens with one attached hydrogen (secondary N) is 3. The van der Waals surface area contributed by atoms with Crippen molar-refractivity contribution in [1.29, 1.82) is 0 Å². The largest absolute Gasteiger partial charge is 0.497 e. The van der Waals surface area contributed by atoms with Gasteiger partial charge in [-0.15, -0.1) is 11.3 Å². The van der Waals surface area contributed by atoms with E-state index in [1.807, 2.05) is 66.7 Å². The van der Waals surface area contributed by atoms with Crippen LogP contribution in [0.15, 0.2) is 84.5 Å². The molecule has 0 radical (unpaired) electrons. The standard InChI is InChI=1S/C26H25N5O3S/c1-34-21-9-7-20(8-10-21)29-26-31-23(17-35-26)25(33)30-22(15-18-5-3-2-4-6-18)24(32)28-16-19-11-13-27-14-12-19/h2-14,17,22H,15-16H2,1H3,(H,28,32)(H,29,31)(H,30,33). The molecule has 0 saturated carbocycles. The molecule has 2 heterocycles. The van der Waals surface area contributed by atoms with Crippen molar-refractivity contribution in [3.05, 3.63) is 101 Å². The average Bonchev–Trinajstić information content (AvgIpc) is 3.37. The van der Waals surface area contributed by atoms with E-state index in [2.05, 4.69) is 25.9 Å². The highest BCUT2D eigenvalue weighted by molar-refractivity contribution is 7.14. The molecule has 3 N–H and O–H groups in total. The number of amides is 2. The van der Waals surface area contributed by atoms with Crippen LogP contribution in [0.2, 0.25) is 0 Å². The molecular weight excluding hydrogens is 462 g/mol. The second kappa shape index (κ2) is 11.8. The zero-order valence-electron chi connectivity index (χ0n) is 19.1. The summed E-state index contributed by atoms with van der Waals surface area (Å²) >= 11 is 1.31. The van der Waals surface area contributed by atoms with E-state index in [-0.39, 0.29) is 11.6 Å². The quantitative estimate of drug-likeness (QED) is 0.313. The van der Waals surface area contributed by atoms with Crippen LogP contribution in [0.4, 0.5) is 10.8 Å². The van der Waals surface area contributed by atoms with E-state index in [9.17, 15) is 9.59 Å². The summed E-state index contributed by atoms with van der Waals surface area (Å²) < 4.78 is 5.17. The minimum atomic E-state index is -0.758. The topological polar surface area (TPSA) is 105 Å². The summed E-state index contributed by atoms with van der Waals surface area (Å²) in [4.78, 5) is 34.4. The predicted molar refractivity (Wildman–Crippen MR) is 136 cm³/mol. The lowest BCUT2D eigenvalue weighted by Crippen LogP contribution is -2.47. The zero-order valence-corrected chi connectivity index (χ0v) is 19.9. The third-order valence-corrected chi connectivity index (χ3v) is 5.96. The fourth-order valence-corrected chi connectivity index (χ4v) is 4.05. The number of benzene rings is 2. The molecule has 1 atom stereocenters. The molecule has 4 aromatic rings. The summed E-state index contributed by atoms with van der Waals surface area (Å²) in [7, 11) is 1.61. The molecule has 178 valence electrons. The number of hydrogen-bond acceptors (Lipinski definition) is 7. The first-order valence-corrected chi connectivity index (χ1v) is 11.9. The normalized spacial score (nSPS) is 11.3. The number of methoxy groups -OCH3 is 1. The van der Waals surface area contributed by atoms with Crippen molar-refractivity contribution in [2.24, 2.45) is 0 Å². The van der Waals surface area contributed by atoms with Crippen molar-refractivity contribution in [2.45, 2.75) is 19.0 Å². The van der Waals surface area contributed by atoms with Crippen LogP contribution in [0.3, 0.4) is 0 Å². The summed E-state index contributed by atoms with van der Waals surface area (Å²) in [6, 6.07) is 19.9. The van der Waals surface area contributed by atoms with E-state index >= 15 is 0 Å². The van der Waals surface area contributed by atoms with Crippen molar-refractivity contribution in [3.63, 3.8) is 0 Å². The smallest absolute Gasteiger partial charge is 0.271 e. The lowest BCUT2D eigenvalue weighted by Gasteiger charge is -2.18. The third-order valence-electron chi connectivity index (χ3n) is 5.20. The summed E-state index contributed by atoms with van der Waals surface area (Å²) in [6.07, 6.45) is 3.70. The average molecular weight is 488 g/mol. The molecule has 0 aliphatic heterocycles. The molecule has 8 nitrogen and oxygen atoms in total. The first kappa shape index (κ1) is 23.9. The number of hydrogen-bond donors (Lipinski definition) is 3. The maximum atomic E-state index is 13.0. The molecule has 35 heavy (non-hydrogen) atoms. The molecule has 9 heteroatoms. The number of pyridine rings is 1. The van der Waals surface area contributed by atoms with Gasteiger partial charge in [-0.1, -0.05) is 30.3 Å². The number of rotatable bonds is 10. The van der Waals surface area contributed by atoms with Crippen molar-refractivity contribution in [2.75, 3.05) is 12.4 Å². The molecule has 2 aromatic carbocycles. The Morgan fingerprint density at radius 3 is 2.43 bits per heavy atom. The molecule has 0 spiro atoms. The van der Waals surface area contributed by atoms with E-state index in [1.54, 1.807) is 24.9 Å². The minimum absolute atomic E-state index is 0.242. The fraction of sp³-hybridized carbons (Fsp3) is 0.154. The van der Waals surface area contributed by atoms with Gasteiger partial charge in [0, 0.05) is 36.4 Å². The molecular formula is C26H25N5O3S. The summed E-state index contributed by atoms with van der Waals surface area (Å²) in [5.41, 5.74) is 2.93. The van der Waals surface area contributed by atoms with E-state index in [0.717, 1.165) is 22.6 Å². The number of anilines is 2. The van der Waals surface area contributed by atoms with Crippen molar-refractivity contribution in [1.82, 2.24) is 20.6 Å². The lowest BCUT2D eigenvalue weighted by atomic mass is 10.0. The van der Waals surface area contributed by atoms with Crippen LogP contribution < -0.4 is 20.7 Å². The van der Waals surface area contributed by atoms with Gasteiger partial charge in [0.25, 0.3) is 5.91 Å².